The van der Waals surface area contributed by atoms with Crippen molar-refractivity contribution in [2.45, 2.75) is 5.75 Å². The summed E-state index contributed by atoms with van der Waals surface area (Å²) >= 11 is 0. The van der Waals surface area contributed by atoms with Crippen LogP contribution in [0.25, 0.3) is 0 Å². The SMILES string of the molecule is O=C(O)c1cc(NS(=O)(=O)Cc2ccc(F)cc2)ccn1. The molecule has 1 heterocycles. The van der Waals surface area contributed by atoms with E-state index in [2.05, 4.69) is 9.71 Å². The Labute approximate surface area is 120 Å². The highest BCUT2D eigenvalue weighted by Gasteiger charge is 2.13. The highest BCUT2D eigenvalue weighted by molar-refractivity contribution is 7.91. The van der Waals surface area contributed by atoms with Crippen LogP contribution >= 0.6 is 0 Å². The molecule has 8 heteroatoms. The van der Waals surface area contributed by atoms with Crippen molar-refractivity contribution in [2.24, 2.45) is 0 Å². The molecule has 0 saturated heterocycles. The van der Waals surface area contributed by atoms with Crippen LogP contribution < -0.4 is 4.72 Å². The molecule has 6 nitrogen and oxygen atoms in total. The fourth-order valence-corrected chi connectivity index (χ4v) is 2.82. The van der Waals surface area contributed by atoms with Gasteiger partial charge in [0.1, 0.15) is 11.5 Å². The number of aromatic carboxylic acids is 1. The quantitative estimate of drug-likeness (QED) is 0.878. The average molecular weight is 310 g/mol. The molecule has 0 aliphatic heterocycles. The van der Waals surface area contributed by atoms with Gasteiger partial charge in [-0.3, -0.25) is 4.72 Å². The summed E-state index contributed by atoms with van der Waals surface area (Å²) in [7, 11) is -3.74. The van der Waals surface area contributed by atoms with E-state index < -0.39 is 21.8 Å². The Bertz CT molecular complexity index is 760. The third kappa shape index (κ3) is 4.25. The number of pyridine rings is 1. The molecule has 110 valence electrons. The maximum absolute atomic E-state index is 12.8. The molecule has 0 radical (unpaired) electrons. The largest absolute Gasteiger partial charge is 0.477 e. The van der Waals surface area contributed by atoms with Gasteiger partial charge >= 0.3 is 5.97 Å². The maximum Gasteiger partial charge on any atom is 0.354 e. The van der Waals surface area contributed by atoms with Crippen LogP contribution in [0.4, 0.5) is 10.1 Å². The van der Waals surface area contributed by atoms with Crippen molar-refractivity contribution in [2.75, 3.05) is 4.72 Å². The van der Waals surface area contributed by atoms with Gasteiger partial charge in [0.15, 0.2) is 0 Å². The maximum atomic E-state index is 12.8. The Morgan fingerprint density at radius 1 is 1.24 bits per heavy atom. The van der Waals surface area contributed by atoms with Crippen molar-refractivity contribution in [3.8, 4) is 0 Å². The van der Waals surface area contributed by atoms with Crippen LogP contribution in [0.3, 0.4) is 0 Å². The van der Waals surface area contributed by atoms with Crippen molar-refractivity contribution in [1.82, 2.24) is 4.98 Å². The molecule has 0 saturated carbocycles. The van der Waals surface area contributed by atoms with Crippen molar-refractivity contribution >= 4 is 21.7 Å². The first-order chi connectivity index (χ1) is 9.85. The smallest absolute Gasteiger partial charge is 0.354 e. The number of hydrogen-bond donors (Lipinski definition) is 2. The number of anilines is 1. The molecule has 0 amide bonds. The lowest BCUT2D eigenvalue weighted by Gasteiger charge is -2.08. The van der Waals surface area contributed by atoms with Gasteiger partial charge in [0, 0.05) is 6.20 Å². The Morgan fingerprint density at radius 2 is 1.90 bits per heavy atom. The van der Waals surface area contributed by atoms with E-state index in [0.29, 0.717) is 5.56 Å². The van der Waals surface area contributed by atoms with Gasteiger partial charge in [0.25, 0.3) is 0 Å². The summed E-state index contributed by atoms with van der Waals surface area (Å²) in [5.41, 5.74) is 0.248. The summed E-state index contributed by atoms with van der Waals surface area (Å²) < 4.78 is 38.9. The number of hydrogen-bond acceptors (Lipinski definition) is 4. The standard InChI is InChI=1S/C13H11FN2O4S/c14-10-3-1-9(2-4-10)8-21(19,20)16-11-5-6-15-12(7-11)13(17)18/h1-7H,8H2,(H,15,16)(H,17,18). The molecule has 2 rings (SSSR count). The monoisotopic (exact) mass is 310 g/mol. The second-order valence-electron chi connectivity index (χ2n) is 4.22. The second-order valence-corrected chi connectivity index (χ2v) is 5.94. The normalized spacial score (nSPS) is 11.1. The fraction of sp³-hybridized carbons (Fsp3) is 0.0769. The van der Waals surface area contributed by atoms with Crippen LogP contribution in [-0.4, -0.2) is 24.5 Å². The molecule has 1 aromatic heterocycles. The Morgan fingerprint density at radius 3 is 2.52 bits per heavy atom. The van der Waals surface area contributed by atoms with E-state index in [9.17, 15) is 17.6 Å². The summed E-state index contributed by atoms with van der Waals surface area (Å²) in [4.78, 5) is 14.4. The third-order valence-corrected chi connectivity index (χ3v) is 3.78. The van der Waals surface area contributed by atoms with E-state index in [1.807, 2.05) is 0 Å². The highest BCUT2D eigenvalue weighted by atomic mass is 32.2. The highest BCUT2D eigenvalue weighted by Crippen LogP contribution is 2.14. The number of carboxylic acids is 1. The predicted octanol–water partition coefficient (Wildman–Crippen LogP) is 1.86. The summed E-state index contributed by atoms with van der Waals surface area (Å²) in [6.07, 6.45) is 1.19. The molecule has 0 fully saturated rings. The lowest BCUT2D eigenvalue weighted by Crippen LogP contribution is -2.15. The first kappa shape index (κ1) is 14.9. The first-order valence-electron chi connectivity index (χ1n) is 5.80. The van der Waals surface area contributed by atoms with Crippen molar-refractivity contribution in [3.63, 3.8) is 0 Å². The van der Waals surface area contributed by atoms with E-state index >= 15 is 0 Å². The zero-order valence-corrected chi connectivity index (χ0v) is 11.5. The van der Waals surface area contributed by atoms with E-state index in [-0.39, 0.29) is 17.1 Å². The Balaban J connectivity index is 2.15. The molecular formula is C13H11FN2O4S. The van der Waals surface area contributed by atoms with Crippen LogP contribution in [0.2, 0.25) is 0 Å². The minimum atomic E-state index is -3.74. The van der Waals surface area contributed by atoms with Gasteiger partial charge in [0.05, 0.1) is 11.4 Å². The van der Waals surface area contributed by atoms with Crippen LogP contribution in [0.15, 0.2) is 42.6 Å². The first-order valence-corrected chi connectivity index (χ1v) is 7.45. The zero-order chi connectivity index (χ0) is 15.5. The van der Waals surface area contributed by atoms with E-state index in [0.717, 1.165) is 6.07 Å². The van der Waals surface area contributed by atoms with E-state index in [1.165, 1.54) is 36.5 Å². The lowest BCUT2D eigenvalue weighted by molar-refractivity contribution is 0.0690. The zero-order valence-electron chi connectivity index (χ0n) is 10.7. The minimum Gasteiger partial charge on any atom is -0.477 e. The van der Waals surface area contributed by atoms with Gasteiger partial charge in [-0.05, 0) is 29.8 Å². The molecule has 0 unspecified atom stereocenters. The van der Waals surface area contributed by atoms with Gasteiger partial charge in [-0.25, -0.2) is 22.6 Å². The van der Waals surface area contributed by atoms with Gasteiger partial charge < -0.3 is 5.11 Å². The van der Waals surface area contributed by atoms with Crippen LogP contribution in [-0.2, 0) is 15.8 Å². The van der Waals surface area contributed by atoms with Crippen LogP contribution in [0.1, 0.15) is 16.1 Å². The number of nitrogens with one attached hydrogen (secondary N) is 1. The molecule has 1 aromatic carbocycles. The number of rotatable bonds is 5. The number of sulfonamides is 1. The van der Waals surface area contributed by atoms with Crippen molar-refractivity contribution in [3.05, 3.63) is 59.7 Å². The number of halogens is 1. The van der Waals surface area contributed by atoms with Crippen LogP contribution in [0, 0.1) is 5.82 Å². The molecule has 0 bridgehead atoms. The van der Waals surface area contributed by atoms with Crippen molar-refractivity contribution < 1.29 is 22.7 Å². The Hall–Kier alpha value is -2.48. The van der Waals surface area contributed by atoms with Gasteiger partial charge in [-0.15, -0.1) is 0 Å². The summed E-state index contributed by atoms with van der Waals surface area (Å²) in [6.45, 7) is 0. The van der Waals surface area contributed by atoms with Gasteiger partial charge in [-0.1, -0.05) is 12.1 Å². The number of carboxylic acid groups (broad SMARTS) is 1. The lowest BCUT2D eigenvalue weighted by atomic mass is 10.2. The summed E-state index contributed by atoms with van der Waals surface area (Å²) in [5.74, 6) is -2.06. The number of carbonyl (C=O) groups is 1. The number of benzene rings is 1. The molecule has 0 spiro atoms. The van der Waals surface area contributed by atoms with E-state index in [4.69, 9.17) is 5.11 Å². The summed E-state index contributed by atoms with van der Waals surface area (Å²) in [5, 5.41) is 8.79. The minimum absolute atomic E-state index is 0.101. The van der Waals surface area contributed by atoms with Gasteiger partial charge in [-0.2, -0.15) is 0 Å². The predicted molar refractivity (Wildman–Crippen MR) is 73.8 cm³/mol. The number of aromatic nitrogens is 1. The molecule has 0 aliphatic rings. The Kier molecular flexibility index (Phi) is 4.18. The second kappa shape index (κ2) is 5.88. The fourth-order valence-electron chi connectivity index (χ4n) is 1.63. The molecule has 0 aliphatic carbocycles. The van der Waals surface area contributed by atoms with Crippen molar-refractivity contribution in [1.29, 1.82) is 0 Å². The third-order valence-electron chi connectivity index (χ3n) is 2.52. The summed E-state index contributed by atoms with van der Waals surface area (Å²) in [6, 6.07) is 7.52. The average Bonchev–Trinajstić information content (AvgIpc) is 2.41. The molecular weight excluding hydrogens is 299 g/mol. The number of nitrogens with zero attached hydrogens (tertiary/aromatic N) is 1. The molecule has 0 atom stereocenters. The van der Waals surface area contributed by atoms with E-state index in [1.54, 1.807) is 0 Å². The molecule has 2 aromatic rings. The van der Waals surface area contributed by atoms with Gasteiger partial charge in [0.2, 0.25) is 10.0 Å². The topological polar surface area (TPSA) is 96.4 Å². The molecule has 21 heavy (non-hydrogen) atoms. The molecule has 2 N–H and O–H groups in total. The van der Waals surface area contributed by atoms with Crippen LogP contribution in [0.5, 0.6) is 0 Å².